The summed E-state index contributed by atoms with van der Waals surface area (Å²) in [5.41, 5.74) is 0. The Hall–Kier alpha value is -0.180. The first kappa shape index (κ1) is 3.99. The number of halogens is 1. The summed E-state index contributed by atoms with van der Waals surface area (Å²) in [4.78, 5) is 0. The SMILES string of the molecule is BrC1NC=CN1. The Kier molecular flexibility index (Phi) is 1.01. The van der Waals surface area contributed by atoms with Crippen LogP contribution in [0.3, 0.4) is 0 Å². The molecule has 0 aromatic heterocycles. The van der Waals surface area contributed by atoms with E-state index in [1.165, 1.54) is 0 Å². The minimum absolute atomic E-state index is 0.248. The fourth-order valence-electron chi connectivity index (χ4n) is 0.313. The molecular weight excluding hydrogens is 144 g/mol. The highest BCUT2D eigenvalue weighted by Gasteiger charge is 1.97. The molecule has 6 heavy (non-hydrogen) atoms. The summed E-state index contributed by atoms with van der Waals surface area (Å²) in [5, 5.41) is 6.14. The Morgan fingerprint density at radius 3 is 2.00 bits per heavy atom. The maximum absolute atomic E-state index is 3.25. The maximum Gasteiger partial charge on any atom is 0.153 e. The zero-order valence-corrected chi connectivity index (χ0v) is 4.70. The van der Waals surface area contributed by atoms with E-state index < -0.39 is 0 Å². The molecule has 2 N–H and O–H groups in total. The van der Waals surface area contributed by atoms with Crippen LogP contribution in [0.4, 0.5) is 0 Å². The van der Waals surface area contributed by atoms with Crippen molar-refractivity contribution in [3.63, 3.8) is 0 Å². The Labute approximate surface area is 44.7 Å². The van der Waals surface area contributed by atoms with Gasteiger partial charge in [0.2, 0.25) is 0 Å². The summed E-state index contributed by atoms with van der Waals surface area (Å²) in [6, 6.07) is 0. The van der Waals surface area contributed by atoms with Crippen molar-refractivity contribution in [3.05, 3.63) is 12.4 Å². The van der Waals surface area contributed by atoms with E-state index in [1.807, 2.05) is 12.4 Å². The lowest BCUT2D eigenvalue weighted by atomic mass is 11.0. The minimum Gasteiger partial charge on any atom is -0.361 e. The quantitative estimate of drug-likeness (QED) is 0.383. The highest BCUT2D eigenvalue weighted by Crippen LogP contribution is 1.92. The molecule has 34 valence electrons. The lowest BCUT2D eigenvalue weighted by molar-refractivity contribution is 0.786. The Bertz CT molecular complexity index is 63.2. The molecule has 0 aliphatic carbocycles. The molecule has 0 saturated heterocycles. The Morgan fingerprint density at radius 2 is 1.83 bits per heavy atom. The van der Waals surface area contributed by atoms with Crippen LogP contribution in [0.2, 0.25) is 0 Å². The van der Waals surface area contributed by atoms with Gasteiger partial charge >= 0.3 is 0 Å². The summed E-state index contributed by atoms with van der Waals surface area (Å²) in [6.45, 7) is 0. The van der Waals surface area contributed by atoms with E-state index in [2.05, 4.69) is 26.6 Å². The molecule has 1 heterocycles. The summed E-state index contributed by atoms with van der Waals surface area (Å²) >= 11 is 3.25. The molecule has 1 rings (SSSR count). The van der Waals surface area contributed by atoms with Gasteiger partial charge in [-0.3, -0.25) is 0 Å². The maximum atomic E-state index is 3.25. The molecule has 0 aromatic rings. The van der Waals surface area contributed by atoms with Gasteiger partial charge in [0, 0.05) is 12.4 Å². The van der Waals surface area contributed by atoms with Gasteiger partial charge in [0.05, 0.1) is 0 Å². The molecule has 1 aliphatic heterocycles. The van der Waals surface area contributed by atoms with E-state index in [0.29, 0.717) is 0 Å². The van der Waals surface area contributed by atoms with Crippen LogP contribution in [0.1, 0.15) is 0 Å². The molecule has 1 aliphatic rings. The molecule has 0 fully saturated rings. The molecule has 2 nitrogen and oxygen atoms in total. The number of alkyl halides is 1. The van der Waals surface area contributed by atoms with Crippen molar-refractivity contribution in [2.45, 2.75) is 5.08 Å². The molecule has 0 saturated carbocycles. The lowest BCUT2D eigenvalue weighted by Gasteiger charge is -1.97. The molecule has 0 amide bonds. The van der Waals surface area contributed by atoms with Gasteiger partial charge in [0.25, 0.3) is 0 Å². The summed E-state index contributed by atoms with van der Waals surface area (Å²) in [7, 11) is 0. The van der Waals surface area contributed by atoms with E-state index >= 15 is 0 Å². The van der Waals surface area contributed by atoms with Crippen LogP contribution in [0.5, 0.6) is 0 Å². The largest absolute Gasteiger partial charge is 0.361 e. The van der Waals surface area contributed by atoms with Gasteiger partial charge in [-0.05, 0) is 15.9 Å². The van der Waals surface area contributed by atoms with Gasteiger partial charge in [0.15, 0.2) is 5.08 Å². The van der Waals surface area contributed by atoms with Crippen LogP contribution in [-0.4, -0.2) is 5.08 Å². The van der Waals surface area contributed by atoms with Crippen LogP contribution in [0.15, 0.2) is 12.4 Å². The average molecular weight is 149 g/mol. The first-order valence-electron chi connectivity index (χ1n) is 1.71. The Morgan fingerprint density at radius 1 is 1.33 bits per heavy atom. The molecular formula is C3H5BrN2. The number of nitrogens with one attached hydrogen (secondary N) is 2. The number of hydrogen-bond acceptors (Lipinski definition) is 2. The Balaban J connectivity index is 2.32. The first-order chi connectivity index (χ1) is 2.89. The van der Waals surface area contributed by atoms with Crippen molar-refractivity contribution in [2.24, 2.45) is 0 Å². The highest BCUT2D eigenvalue weighted by atomic mass is 79.9. The van der Waals surface area contributed by atoms with Crippen molar-refractivity contribution in [1.82, 2.24) is 10.6 Å². The summed E-state index contributed by atoms with van der Waals surface area (Å²) in [6.07, 6.45) is 3.69. The van der Waals surface area contributed by atoms with Gasteiger partial charge in [-0.1, -0.05) is 0 Å². The molecule has 0 unspecified atom stereocenters. The van der Waals surface area contributed by atoms with E-state index in [9.17, 15) is 0 Å². The molecule has 0 spiro atoms. The zero-order chi connectivity index (χ0) is 4.41. The average Bonchev–Trinajstić information content (AvgIpc) is 1.86. The third-order valence-electron chi connectivity index (χ3n) is 0.568. The fourth-order valence-corrected chi connectivity index (χ4v) is 0.619. The van der Waals surface area contributed by atoms with Gasteiger partial charge in [-0.25, -0.2) is 0 Å². The third kappa shape index (κ3) is 0.653. The lowest BCUT2D eigenvalue weighted by Crippen LogP contribution is -2.22. The van der Waals surface area contributed by atoms with Crippen LogP contribution >= 0.6 is 15.9 Å². The zero-order valence-electron chi connectivity index (χ0n) is 3.11. The van der Waals surface area contributed by atoms with Crippen molar-refractivity contribution in [2.75, 3.05) is 0 Å². The van der Waals surface area contributed by atoms with Gasteiger partial charge in [-0.15, -0.1) is 0 Å². The van der Waals surface area contributed by atoms with Crippen LogP contribution < -0.4 is 10.6 Å². The monoisotopic (exact) mass is 148 g/mol. The van der Waals surface area contributed by atoms with E-state index in [-0.39, 0.29) is 5.08 Å². The molecule has 0 radical (unpaired) electrons. The predicted molar refractivity (Wildman–Crippen MR) is 28.1 cm³/mol. The summed E-state index contributed by atoms with van der Waals surface area (Å²) in [5.74, 6) is 0. The van der Waals surface area contributed by atoms with Crippen molar-refractivity contribution >= 4 is 15.9 Å². The van der Waals surface area contributed by atoms with Crippen molar-refractivity contribution < 1.29 is 0 Å². The molecule has 0 bridgehead atoms. The molecule has 0 aromatic carbocycles. The van der Waals surface area contributed by atoms with E-state index in [1.54, 1.807) is 0 Å². The number of rotatable bonds is 0. The second kappa shape index (κ2) is 1.51. The normalized spacial score (nSPS) is 20.2. The predicted octanol–water partition coefficient (Wildman–Crippen LogP) is 0.329. The second-order valence-electron chi connectivity index (χ2n) is 1.03. The van der Waals surface area contributed by atoms with Crippen LogP contribution in [0, 0.1) is 0 Å². The second-order valence-corrected chi connectivity index (χ2v) is 1.94. The third-order valence-corrected chi connectivity index (χ3v) is 1.10. The van der Waals surface area contributed by atoms with Crippen molar-refractivity contribution in [3.8, 4) is 0 Å². The number of hydrogen-bond donors (Lipinski definition) is 2. The smallest absolute Gasteiger partial charge is 0.153 e. The topological polar surface area (TPSA) is 24.1 Å². The fraction of sp³-hybridized carbons (Fsp3) is 0.333. The van der Waals surface area contributed by atoms with Crippen LogP contribution in [-0.2, 0) is 0 Å². The standard InChI is InChI=1S/C3H5BrN2/c4-3-5-1-2-6-3/h1-3,5-6H. The minimum atomic E-state index is 0.248. The van der Waals surface area contributed by atoms with Gasteiger partial charge in [-0.2, -0.15) is 0 Å². The molecule has 0 atom stereocenters. The van der Waals surface area contributed by atoms with E-state index in [0.717, 1.165) is 0 Å². The first-order valence-corrected chi connectivity index (χ1v) is 2.62. The van der Waals surface area contributed by atoms with Crippen LogP contribution in [0.25, 0.3) is 0 Å². The van der Waals surface area contributed by atoms with Gasteiger partial charge in [0.1, 0.15) is 0 Å². The van der Waals surface area contributed by atoms with Crippen molar-refractivity contribution in [1.29, 1.82) is 0 Å². The summed E-state index contributed by atoms with van der Waals surface area (Å²) < 4.78 is 0. The van der Waals surface area contributed by atoms with Gasteiger partial charge < -0.3 is 10.6 Å². The highest BCUT2D eigenvalue weighted by molar-refractivity contribution is 9.09. The van der Waals surface area contributed by atoms with E-state index in [4.69, 9.17) is 0 Å². The molecule has 3 heteroatoms.